The van der Waals surface area contributed by atoms with Gasteiger partial charge in [0, 0.05) is 31.7 Å². The number of piperidine rings is 2. The molecule has 0 radical (unpaired) electrons. The normalized spacial score (nSPS) is 24.4. The molecule has 8 heteroatoms. The number of H-pyrrole nitrogens is 1. The monoisotopic (exact) mass is 480 g/mol. The number of amides is 1. The summed E-state index contributed by atoms with van der Waals surface area (Å²) < 4.78 is 28.5. The van der Waals surface area contributed by atoms with E-state index in [1.807, 2.05) is 35.2 Å². The van der Waals surface area contributed by atoms with Crippen LogP contribution < -0.4 is 0 Å². The van der Waals surface area contributed by atoms with E-state index in [4.69, 9.17) is 0 Å². The third kappa shape index (κ3) is 4.49. The molecule has 5 rings (SSSR count). The summed E-state index contributed by atoms with van der Waals surface area (Å²) in [5.41, 5.74) is 2.35. The van der Waals surface area contributed by atoms with Crippen molar-refractivity contribution >= 4 is 27.0 Å². The van der Waals surface area contributed by atoms with Crippen molar-refractivity contribution in [2.75, 3.05) is 26.2 Å². The Hall–Kier alpha value is -2.71. The Morgan fingerprint density at radius 2 is 1.76 bits per heavy atom. The number of likely N-dealkylation sites (tertiary alicyclic amines) is 1. The Bertz CT molecular complexity index is 1280. The number of hydrogen-bond donors (Lipinski definition) is 1. The van der Waals surface area contributed by atoms with Crippen molar-refractivity contribution in [1.82, 2.24) is 19.2 Å². The van der Waals surface area contributed by atoms with E-state index in [0.717, 1.165) is 37.0 Å². The van der Waals surface area contributed by atoms with Crippen LogP contribution >= 0.6 is 0 Å². The van der Waals surface area contributed by atoms with E-state index in [1.54, 1.807) is 18.2 Å². The van der Waals surface area contributed by atoms with E-state index in [0.29, 0.717) is 36.1 Å². The summed E-state index contributed by atoms with van der Waals surface area (Å²) in [5.74, 6) is 1.51. The van der Waals surface area contributed by atoms with Crippen molar-refractivity contribution in [3.63, 3.8) is 0 Å². The SMILES string of the molecule is C[C@@H]1C[C@H](C)CN(C(=O)[C@@H]2CCCN(S(=O)(=O)c3ccc4nc(-c5ccccc5)[nH]c4c3)C2)C1. The van der Waals surface area contributed by atoms with Gasteiger partial charge in [0.2, 0.25) is 15.9 Å². The van der Waals surface area contributed by atoms with Gasteiger partial charge in [-0.25, -0.2) is 13.4 Å². The van der Waals surface area contributed by atoms with E-state index in [1.165, 1.54) is 4.31 Å². The molecule has 2 aromatic carbocycles. The third-order valence-electron chi connectivity index (χ3n) is 7.05. The van der Waals surface area contributed by atoms with Gasteiger partial charge in [-0.2, -0.15) is 4.31 Å². The second kappa shape index (κ2) is 9.15. The second-order valence-corrected chi connectivity index (χ2v) is 12.0. The molecule has 2 fully saturated rings. The number of sulfonamides is 1. The summed E-state index contributed by atoms with van der Waals surface area (Å²) in [7, 11) is -3.71. The molecule has 34 heavy (non-hydrogen) atoms. The van der Waals surface area contributed by atoms with Crippen molar-refractivity contribution in [2.45, 2.75) is 38.0 Å². The van der Waals surface area contributed by atoms with Crippen LogP contribution in [0.2, 0.25) is 0 Å². The highest BCUT2D eigenvalue weighted by atomic mass is 32.2. The fraction of sp³-hybridized carbons (Fsp3) is 0.462. The second-order valence-electron chi connectivity index (χ2n) is 10.0. The van der Waals surface area contributed by atoms with Crippen LogP contribution in [0.5, 0.6) is 0 Å². The maximum atomic E-state index is 13.5. The van der Waals surface area contributed by atoms with Crippen LogP contribution in [0.15, 0.2) is 53.4 Å². The lowest BCUT2D eigenvalue weighted by molar-refractivity contribution is -0.139. The lowest BCUT2D eigenvalue weighted by atomic mass is 9.90. The molecular weight excluding hydrogens is 448 g/mol. The molecule has 0 spiro atoms. The molecule has 1 N–H and O–H groups in total. The number of benzene rings is 2. The largest absolute Gasteiger partial charge is 0.342 e. The summed E-state index contributed by atoms with van der Waals surface area (Å²) in [5, 5.41) is 0. The van der Waals surface area contributed by atoms with Gasteiger partial charge in [0.15, 0.2) is 0 Å². The van der Waals surface area contributed by atoms with Gasteiger partial charge < -0.3 is 9.88 Å². The van der Waals surface area contributed by atoms with Crippen LogP contribution in [0.25, 0.3) is 22.4 Å². The van der Waals surface area contributed by atoms with Crippen molar-refractivity contribution in [3.8, 4) is 11.4 Å². The molecule has 3 atom stereocenters. The van der Waals surface area contributed by atoms with Gasteiger partial charge in [-0.1, -0.05) is 44.2 Å². The zero-order valence-electron chi connectivity index (χ0n) is 19.8. The average Bonchev–Trinajstić information content (AvgIpc) is 3.27. The summed E-state index contributed by atoms with van der Waals surface area (Å²) in [6.07, 6.45) is 2.57. The van der Waals surface area contributed by atoms with E-state index >= 15 is 0 Å². The fourth-order valence-electron chi connectivity index (χ4n) is 5.49. The van der Waals surface area contributed by atoms with Gasteiger partial charge in [-0.3, -0.25) is 4.79 Å². The van der Waals surface area contributed by atoms with Crippen molar-refractivity contribution in [3.05, 3.63) is 48.5 Å². The number of aromatic amines is 1. The predicted octanol–water partition coefficient (Wildman–Crippen LogP) is 4.14. The molecule has 7 nitrogen and oxygen atoms in total. The Morgan fingerprint density at radius 1 is 1.03 bits per heavy atom. The van der Waals surface area contributed by atoms with Crippen molar-refractivity contribution in [1.29, 1.82) is 0 Å². The first kappa shape index (κ1) is 23.1. The number of rotatable bonds is 4. The molecule has 0 unspecified atom stereocenters. The molecule has 2 saturated heterocycles. The molecule has 2 aliphatic heterocycles. The number of imidazole rings is 1. The van der Waals surface area contributed by atoms with Crippen molar-refractivity contribution in [2.24, 2.45) is 17.8 Å². The van der Waals surface area contributed by atoms with Crippen LogP contribution in [0.4, 0.5) is 0 Å². The number of aromatic nitrogens is 2. The molecule has 0 aliphatic carbocycles. The highest BCUT2D eigenvalue weighted by Gasteiger charge is 2.36. The maximum Gasteiger partial charge on any atom is 0.243 e. The fourth-order valence-corrected chi connectivity index (χ4v) is 7.04. The standard InChI is InChI=1S/C26H32N4O3S/c1-18-13-19(2)16-29(15-18)26(31)21-9-6-12-30(17-21)34(32,33)22-10-11-23-24(14-22)28-25(27-23)20-7-4-3-5-8-20/h3-5,7-8,10-11,14,18-19,21H,6,9,12-13,15-17H2,1-2H3,(H,27,28)/t18-,19+,21-/m1/s1. The quantitative estimate of drug-likeness (QED) is 0.608. The minimum atomic E-state index is -3.71. The van der Waals surface area contributed by atoms with Gasteiger partial charge >= 0.3 is 0 Å². The molecule has 3 heterocycles. The Kier molecular flexibility index (Phi) is 6.20. The van der Waals surface area contributed by atoms with Gasteiger partial charge in [-0.15, -0.1) is 0 Å². The lowest BCUT2D eigenvalue weighted by Crippen LogP contribution is -2.50. The lowest BCUT2D eigenvalue weighted by Gasteiger charge is -2.39. The first-order valence-electron chi connectivity index (χ1n) is 12.2. The van der Waals surface area contributed by atoms with Crippen LogP contribution in [0, 0.1) is 17.8 Å². The Balaban J connectivity index is 1.36. The highest BCUT2D eigenvalue weighted by molar-refractivity contribution is 7.89. The number of nitrogens with one attached hydrogen (secondary N) is 1. The van der Waals surface area contributed by atoms with E-state index in [9.17, 15) is 13.2 Å². The summed E-state index contributed by atoms with van der Waals surface area (Å²) >= 11 is 0. The van der Waals surface area contributed by atoms with Crippen LogP contribution in [-0.2, 0) is 14.8 Å². The minimum absolute atomic E-state index is 0.106. The van der Waals surface area contributed by atoms with Crippen LogP contribution in [0.3, 0.4) is 0 Å². The Labute approximate surface area is 201 Å². The van der Waals surface area contributed by atoms with Crippen LogP contribution in [0.1, 0.15) is 33.1 Å². The third-order valence-corrected chi connectivity index (χ3v) is 8.91. The molecule has 3 aromatic rings. The zero-order chi connectivity index (χ0) is 23.9. The molecule has 0 bridgehead atoms. The number of fused-ring (bicyclic) bond motifs is 1. The molecule has 2 aliphatic rings. The summed E-state index contributed by atoms with van der Waals surface area (Å²) in [6.45, 7) is 6.59. The van der Waals surface area contributed by atoms with Gasteiger partial charge in [0.05, 0.1) is 21.8 Å². The first-order chi connectivity index (χ1) is 16.3. The number of hydrogen-bond acceptors (Lipinski definition) is 4. The summed E-state index contributed by atoms with van der Waals surface area (Å²) in [6, 6.07) is 14.8. The Morgan fingerprint density at radius 3 is 2.50 bits per heavy atom. The maximum absolute atomic E-state index is 13.5. The van der Waals surface area contributed by atoms with Gasteiger partial charge in [0.25, 0.3) is 0 Å². The minimum Gasteiger partial charge on any atom is -0.342 e. The van der Waals surface area contributed by atoms with Crippen LogP contribution in [-0.4, -0.2) is 59.7 Å². The number of nitrogens with zero attached hydrogens (tertiary/aromatic N) is 3. The topological polar surface area (TPSA) is 86.4 Å². The molecular formula is C26H32N4O3S. The van der Waals surface area contributed by atoms with E-state index in [-0.39, 0.29) is 23.3 Å². The first-order valence-corrected chi connectivity index (χ1v) is 13.6. The summed E-state index contributed by atoms with van der Waals surface area (Å²) in [4.78, 5) is 23.3. The van der Waals surface area contributed by atoms with E-state index < -0.39 is 10.0 Å². The zero-order valence-corrected chi connectivity index (χ0v) is 20.6. The van der Waals surface area contributed by atoms with Crippen molar-refractivity contribution < 1.29 is 13.2 Å². The molecule has 180 valence electrons. The van der Waals surface area contributed by atoms with E-state index in [2.05, 4.69) is 23.8 Å². The highest BCUT2D eigenvalue weighted by Crippen LogP contribution is 2.29. The molecule has 0 saturated carbocycles. The smallest absolute Gasteiger partial charge is 0.243 e. The van der Waals surface area contributed by atoms with Gasteiger partial charge in [-0.05, 0) is 49.3 Å². The number of carbonyl (C=O) groups excluding carboxylic acids is 1. The molecule has 1 aromatic heterocycles. The predicted molar refractivity (Wildman–Crippen MR) is 133 cm³/mol. The van der Waals surface area contributed by atoms with Gasteiger partial charge in [0.1, 0.15) is 5.82 Å². The average molecular weight is 481 g/mol. The molecule has 1 amide bonds. The number of carbonyl (C=O) groups is 1.